The summed E-state index contributed by atoms with van der Waals surface area (Å²) in [5, 5.41) is 3.96. The Morgan fingerprint density at radius 1 is 0.733 bits per heavy atom. The molecular formula is C24H26N2O3S. The lowest BCUT2D eigenvalue weighted by Gasteiger charge is -2.26. The zero-order valence-corrected chi connectivity index (χ0v) is 18.2. The van der Waals surface area contributed by atoms with Crippen molar-refractivity contribution < 1.29 is 14.2 Å². The third-order valence-corrected chi connectivity index (χ3v) is 5.03. The summed E-state index contributed by atoms with van der Waals surface area (Å²) in [6, 6.07) is 23.8. The molecule has 156 valence electrons. The number of rotatable bonds is 8. The molecule has 3 aromatic rings. The maximum Gasteiger partial charge on any atom is 0.174 e. The van der Waals surface area contributed by atoms with Gasteiger partial charge in [-0.2, -0.15) is 0 Å². The molecule has 5 nitrogen and oxygen atoms in total. The van der Waals surface area contributed by atoms with Crippen molar-refractivity contribution in [2.45, 2.75) is 13.1 Å². The van der Waals surface area contributed by atoms with E-state index in [0.717, 1.165) is 34.1 Å². The van der Waals surface area contributed by atoms with Crippen LogP contribution in [0.3, 0.4) is 0 Å². The molecule has 3 rings (SSSR count). The Bertz CT molecular complexity index is 909. The van der Waals surface area contributed by atoms with Gasteiger partial charge in [-0.3, -0.25) is 0 Å². The maximum absolute atomic E-state index is 5.76. The molecule has 0 radical (unpaired) electrons. The Hall–Kier alpha value is -3.25. The van der Waals surface area contributed by atoms with Crippen LogP contribution in [-0.4, -0.2) is 31.3 Å². The quantitative estimate of drug-likeness (QED) is 0.509. The molecule has 0 aliphatic rings. The second-order valence-electron chi connectivity index (χ2n) is 6.71. The van der Waals surface area contributed by atoms with Crippen LogP contribution in [0.4, 0.5) is 5.69 Å². The fraction of sp³-hybridized carbons (Fsp3) is 0.208. The Balaban J connectivity index is 1.79. The number of nitrogens with zero attached hydrogens (tertiary/aromatic N) is 1. The fourth-order valence-corrected chi connectivity index (χ4v) is 3.25. The highest BCUT2D eigenvalue weighted by molar-refractivity contribution is 7.80. The first-order valence-electron chi connectivity index (χ1n) is 9.57. The van der Waals surface area contributed by atoms with E-state index in [2.05, 4.69) is 10.2 Å². The van der Waals surface area contributed by atoms with Crippen LogP contribution in [0.2, 0.25) is 0 Å². The van der Waals surface area contributed by atoms with Gasteiger partial charge in [-0.25, -0.2) is 0 Å². The molecule has 0 amide bonds. The van der Waals surface area contributed by atoms with Crippen LogP contribution < -0.4 is 19.5 Å². The van der Waals surface area contributed by atoms with E-state index < -0.39 is 0 Å². The summed E-state index contributed by atoms with van der Waals surface area (Å²) < 4.78 is 15.8. The van der Waals surface area contributed by atoms with Gasteiger partial charge in [0.1, 0.15) is 17.2 Å². The van der Waals surface area contributed by atoms with Crippen LogP contribution in [0.1, 0.15) is 11.1 Å². The van der Waals surface area contributed by atoms with E-state index in [0.29, 0.717) is 18.2 Å². The maximum atomic E-state index is 5.76. The topological polar surface area (TPSA) is 43.0 Å². The van der Waals surface area contributed by atoms with Crippen molar-refractivity contribution in [3.8, 4) is 17.2 Å². The van der Waals surface area contributed by atoms with E-state index in [1.807, 2.05) is 72.8 Å². The summed E-state index contributed by atoms with van der Waals surface area (Å²) in [6.07, 6.45) is 0. The zero-order valence-electron chi connectivity index (χ0n) is 17.4. The molecule has 0 bridgehead atoms. The Labute approximate surface area is 183 Å². The number of benzene rings is 3. The molecule has 0 unspecified atom stereocenters. The van der Waals surface area contributed by atoms with Crippen molar-refractivity contribution in [2.24, 2.45) is 0 Å². The van der Waals surface area contributed by atoms with Gasteiger partial charge in [0, 0.05) is 24.8 Å². The molecule has 0 atom stereocenters. The van der Waals surface area contributed by atoms with Gasteiger partial charge in [-0.1, -0.05) is 30.3 Å². The van der Waals surface area contributed by atoms with Crippen molar-refractivity contribution >= 4 is 23.0 Å². The molecule has 0 aliphatic heterocycles. The lowest BCUT2D eigenvalue weighted by molar-refractivity contribution is 0.404. The minimum atomic E-state index is 0.634. The van der Waals surface area contributed by atoms with Crippen molar-refractivity contribution in [1.29, 1.82) is 0 Å². The van der Waals surface area contributed by atoms with Crippen molar-refractivity contribution in [3.05, 3.63) is 83.9 Å². The highest BCUT2D eigenvalue weighted by atomic mass is 32.1. The molecule has 0 aliphatic carbocycles. The minimum absolute atomic E-state index is 0.634. The molecule has 6 heteroatoms. The Morgan fingerprint density at radius 2 is 1.23 bits per heavy atom. The van der Waals surface area contributed by atoms with E-state index in [1.54, 1.807) is 21.3 Å². The summed E-state index contributed by atoms with van der Waals surface area (Å²) >= 11 is 5.76. The normalized spacial score (nSPS) is 10.2. The SMILES string of the molecule is COc1ccc(CN(Cc2ccc(OC)cc2)C(=S)Nc2cccc(OC)c2)cc1. The first kappa shape index (κ1) is 21.5. The summed E-state index contributed by atoms with van der Waals surface area (Å²) in [7, 11) is 4.98. The molecule has 1 N–H and O–H groups in total. The van der Waals surface area contributed by atoms with Crippen LogP contribution in [0.25, 0.3) is 0 Å². The molecule has 0 saturated carbocycles. The lowest BCUT2D eigenvalue weighted by Crippen LogP contribution is -2.33. The van der Waals surface area contributed by atoms with E-state index in [-0.39, 0.29) is 0 Å². The fourth-order valence-electron chi connectivity index (χ4n) is 3.01. The average Bonchev–Trinajstić information content (AvgIpc) is 2.79. The average molecular weight is 423 g/mol. The Morgan fingerprint density at radius 3 is 1.70 bits per heavy atom. The first-order valence-corrected chi connectivity index (χ1v) is 9.98. The molecule has 0 fully saturated rings. The minimum Gasteiger partial charge on any atom is -0.497 e. The highest BCUT2D eigenvalue weighted by Crippen LogP contribution is 2.20. The van der Waals surface area contributed by atoms with Gasteiger partial charge < -0.3 is 24.4 Å². The molecule has 30 heavy (non-hydrogen) atoms. The van der Waals surface area contributed by atoms with E-state index >= 15 is 0 Å². The number of anilines is 1. The third-order valence-electron chi connectivity index (χ3n) is 4.67. The molecular weight excluding hydrogens is 396 g/mol. The molecule has 0 saturated heterocycles. The molecule has 0 spiro atoms. The number of thiocarbonyl (C=S) groups is 1. The van der Waals surface area contributed by atoms with E-state index in [9.17, 15) is 0 Å². The van der Waals surface area contributed by atoms with Crippen LogP contribution in [0.15, 0.2) is 72.8 Å². The van der Waals surface area contributed by atoms with Gasteiger partial charge in [-0.15, -0.1) is 0 Å². The predicted molar refractivity (Wildman–Crippen MR) is 124 cm³/mol. The van der Waals surface area contributed by atoms with Crippen molar-refractivity contribution in [1.82, 2.24) is 4.90 Å². The van der Waals surface area contributed by atoms with Gasteiger partial charge in [-0.05, 0) is 59.7 Å². The summed E-state index contributed by atoms with van der Waals surface area (Å²) in [5.41, 5.74) is 3.16. The van der Waals surface area contributed by atoms with Gasteiger partial charge in [0.2, 0.25) is 0 Å². The van der Waals surface area contributed by atoms with Gasteiger partial charge in [0.15, 0.2) is 5.11 Å². The first-order chi connectivity index (χ1) is 14.6. The second-order valence-corrected chi connectivity index (χ2v) is 7.10. The van der Waals surface area contributed by atoms with Crippen LogP contribution in [0.5, 0.6) is 17.2 Å². The van der Waals surface area contributed by atoms with E-state index in [4.69, 9.17) is 26.4 Å². The second kappa shape index (κ2) is 10.5. The number of methoxy groups -OCH3 is 3. The van der Waals surface area contributed by atoms with Crippen LogP contribution in [-0.2, 0) is 13.1 Å². The predicted octanol–water partition coefficient (Wildman–Crippen LogP) is 5.11. The zero-order chi connectivity index (χ0) is 21.3. The monoisotopic (exact) mass is 422 g/mol. The van der Waals surface area contributed by atoms with Gasteiger partial charge >= 0.3 is 0 Å². The number of nitrogens with one attached hydrogen (secondary N) is 1. The van der Waals surface area contributed by atoms with Gasteiger partial charge in [0.25, 0.3) is 0 Å². The number of hydrogen-bond donors (Lipinski definition) is 1. The summed E-state index contributed by atoms with van der Waals surface area (Å²) in [6.45, 7) is 1.32. The number of hydrogen-bond acceptors (Lipinski definition) is 4. The summed E-state index contributed by atoms with van der Waals surface area (Å²) in [5.74, 6) is 2.44. The van der Waals surface area contributed by atoms with Crippen LogP contribution in [0, 0.1) is 0 Å². The van der Waals surface area contributed by atoms with Crippen molar-refractivity contribution in [3.63, 3.8) is 0 Å². The molecule has 0 heterocycles. The lowest BCUT2D eigenvalue weighted by atomic mass is 10.1. The summed E-state index contributed by atoms with van der Waals surface area (Å²) in [4.78, 5) is 2.12. The molecule has 0 aromatic heterocycles. The highest BCUT2D eigenvalue weighted by Gasteiger charge is 2.13. The van der Waals surface area contributed by atoms with Crippen molar-refractivity contribution in [2.75, 3.05) is 26.6 Å². The standard InChI is InChI=1S/C24H26N2O3S/c1-27-21-11-7-18(8-12-21)16-26(17-19-9-13-22(28-2)14-10-19)24(30)25-20-5-4-6-23(15-20)29-3/h4-15H,16-17H2,1-3H3,(H,25,30). The van der Waals surface area contributed by atoms with Crippen LogP contribution >= 0.6 is 12.2 Å². The Kier molecular flexibility index (Phi) is 7.51. The smallest absolute Gasteiger partial charge is 0.174 e. The van der Waals surface area contributed by atoms with E-state index in [1.165, 1.54) is 0 Å². The largest absolute Gasteiger partial charge is 0.497 e. The molecule has 3 aromatic carbocycles. The van der Waals surface area contributed by atoms with Gasteiger partial charge in [0.05, 0.1) is 21.3 Å². The number of ether oxygens (including phenoxy) is 3. The third kappa shape index (κ3) is 5.87.